The maximum atomic E-state index is 4.23. The number of nitrogens with zero attached hydrogens (tertiary/aromatic N) is 2. The Bertz CT molecular complexity index is 271. The molecule has 1 aromatic rings. The van der Waals surface area contributed by atoms with Crippen molar-refractivity contribution in [1.82, 2.24) is 9.97 Å². The maximum Gasteiger partial charge on any atom is 0.147 e. The van der Waals surface area contributed by atoms with E-state index in [-0.39, 0.29) is 0 Å². The Morgan fingerprint density at radius 3 is 2.31 bits per heavy atom. The average Bonchev–Trinajstić information content (AvgIpc) is 2.08. The second kappa shape index (κ2) is 4.21. The molecule has 1 atom stereocenters. The van der Waals surface area contributed by atoms with Crippen molar-refractivity contribution < 1.29 is 0 Å². The predicted octanol–water partition coefficient (Wildman–Crippen LogP) is 2.24. The Morgan fingerprint density at radius 1 is 1.15 bits per heavy atom. The van der Waals surface area contributed by atoms with Crippen molar-refractivity contribution in [1.29, 1.82) is 0 Å². The molecule has 13 heavy (non-hydrogen) atoms. The number of aromatic nitrogens is 2. The lowest BCUT2D eigenvalue weighted by Gasteiger charge is -2.18. The molecule has 0 amide bonds. The van der Waals surface area contributed by atoms with Gasteiger partial charge < -0.3 is 5.32 Å². The van der Waals surface area contributed by atoms with E-state index in [1.165, 1.54) is 0 Å². The molecule has 0 aliphatic heterocycles. The highest BCUT2D eigenvalue weighted by Crippen LogP contribution is 2.11. The van der Waals surface area contributed by atoms with Crippen LogP contribution in [0.2, 0.25) is 0 Å². The molecule has 3 nitrogen and oxygen atoms in total. The fraction of sp³-hybridized carbons (Fsp3) is 0.600. The Hall–Kier alpha value is -1.12. The zero-order valence-electron chi connectivity index (χ0n) is 8.70. The Kier molecular flexibility index (Phi) is 3.23. The Morgan fingerprint density at radius 2 is 1.77 bits per heavy atom. The second-order valence-electron chi connectivity index (χ2n) is 3.67. The average molecular weight is 179 g/mol. The summed E-state index contributed by atoms with van der Waals surface area (Å²) >= 11 is 0. The molecule has 1 unspecified atom stereocenters. The zero-order valence-corrected chi connectivity index (χ0v) is 8.70. The van der Waals surface area contributed by atoms with Gasteiger partial charge in [-0.05, 0) is 19.8 Å². The predicted molar refractivity (Wildman–Crippen MR) is 54.7 cm³/mol. The highest BCUT2D eigenvalue weighted by atomic mass is 15.0. The van der Waals surface area contributed by atoms with E-state index in [2.05, 4.69) is 36.1 Å². The van der Waals surface area contributed by atoms with Crippen LogP contribution in [0.3, 0.4) is 0 Å². The third-order valence-electron chi connectivity index (χ3n) is 2.25. The molecule has 0 saturated carbocycles. The third kappa shape index (κ3) is 2.68. The van der Waals surface area contributed by atoms with Crippen LogP contribution in [0.15, 0.2) is 12.4 Å². The topological polar surface area (TPSA) is 37.8 Å². The van der Waals surface area contributed by atoms with Crippen molar-refractivity contribution in [2.45, 2.75) is 33.7 Å². The van der Waals surface area contributed by atoms with Crippen molar-refractivity contribution in [2.75, 3.05) is 5.32 Å². The van der Waals surface area contributed by atoms with E-state index in [9.17, 15) is 0 Å². The van der Waals surface area contributed by atoms with Gasteiger partial charge in [-0.1, -0.05) is 13.8 Å². The van der Waals surface area contributed by atoms with Gasteiger partial charge in [0.1, 0.15) is 5.82 Å². The minimum atomic E-state index is 0.426. The summed E-state index contributed by atoms with van der Waals surface area (Å²) in [4.78, 5) is 8.39. The Labute approximate surface area is 79.6 Å². The summed E-state index contributed by atoms with van der Waals surface area (Å²) in [5.41, 5.74) is 0.954. The Balaban J connectivity index is 2.69. The van der Waals surface area contributed by atoms with Gasteiger partial charge in [0, 0.05) is 18.4 Å². The van der Waals surface area contributed by atoms with E-state index < -0.39 is 0 Å². The third-order valence-corrected chi connectivity index (χ3v) is 2.25. The molecule has 3 heteroatoms. The molecule has 72 valence electrons. The van der Waals surface area contributed by atoms with E-state index >= 15 is 0 Å². The van der Waals surface area contributed by atoms with Crippen LogP contribution >= 0.6 is 0 Å². The second-order valence-corrected chi connectivity index (χ2v) is 3.67. The van der Waals surface area contributed by atoms with E-state index in [4.69, 9.17) is 0 Å². The van der Waals surface area contributed by atoms with Gasteiger partial charge in [0.15, 0.2) is 0 Å². The summed E-state index contributed by atoms with van der Waals surface area (Å²) in [6, 6.07) is 0.426. The van der Waals surface area contributed by atoms with Gasteiger partial charge in [-0.2, -0.15) is 0 Å². The molecular weight excluding hydrogens is 162 g/mol. The van der Waals surface area contributed by atoms with Gasteiger partial charge in [-0.25, -0.2) is 4.98 Å². The van der Waals surface area contributed by atoms with Crippen molar-refractivity contribution in [3.8, 4) is 0 Å². The van der Waals surface area contributed by atoms with Gasteiger partial charge in [-0.3, -0.25) is 4.98 Å². The molecule has 0 aliphatic rings. The smallest absolute Gasteiger partial charge is 0.147 e. The summed E-state index contributed by atoms with van der Waals surface area (Å²) < 4.78 is 0. The fourth-order valence-corrected chi connectivity index (χ4v) is 0.932. The summed E-state index contributed by atoms with van der Waals surface area (Å²) in [5.74, 6) is 1.49. The molecule has 0 fully saturated rings. The molecule has 1 rings (SSSR count). The van der Waals surface area contributed by atoms with Crippen LogP contribution in [0.5, 0.6) is 0 Å². The lowest BCUT2D eigenvalue weighted by Crippen LogP contribution is -2.22. The van der Waals surface area contributed by atoms with Gasteiger partial charge in [0.2, 0.25) is 0 Å². The summed E-state index contributed by atoms with van der Waals surface area (Å²) in [6.07, 6.45) is 3.42. The molecule has 1 aromatic heterocycles. The molecule has 0 saturated heterocycles. The maximum absolute atomic E-state index is 4.23. The zero-order chi connectivity index (χ0) is 9.84. The quantitative estimate of drug-likeness (QED) is 0.773. The van der Waals surface area contributed by atoms with Gasteiger partial charge >= 0.3 is 0 Å². The lowest BCUT2D eigenvalue weighted by molar-refractivity contribution is 0.557. The van der Waals surface area contributed by atoms with Crippen LogP contribution in [-0.2, 0) is 0 Å². The normalized spacial score (nSPS) is 13.0. The van der Waals surface area contributed by atoms with Crippen LogP contribution in [0.4, 0.5) is 5.82 Å². The minimum Gasteiger partial charge on any atom is -0.366 e. The first kappa shape index (κ1) is 9.96. The summed E-state index contributed by atoms with van der Waals surface area (Å²) in [6.45, 7) is 8.48. The fourth-order valence-electron chi connectivity index (χ4n) is 0.932. The summed E-state index contributed by atoms with van der Waals surface area (Å²) in [5, 5.41) is 3.34. The molecule has 0 spiro atoms. The first-order valence-electron chi connectivity index (χ1n) is 4.65. The summed E-state index contributed by atoms with van der Waals surface area (Å²) in [7, 11) is 0. The molecule has 1 N–H and O–H groups in total. The highest BCUT2D eigenvalue weighted by Gasteiger charge is 2.08. The molecule has 0 radical (unpaired) electrons. The van der Waals surface area contributed by atoms with Gasteiger partial charge in [0.25, 0.3) is 0 Å². The SMILES string of the molecule is Cc1nccnc1NC(C)C(C)C. The minimum absolute atomic E-state index is 0.426. The molecular formula is C10H17N3. The van der Waals surface area contributed by atoms with Crippen molar-refractivity contribution in [2.24, 2.45) is 5.92 Å². The number of aryl methyl sites for hydroxylation is 1. The van der Waals surface area contributed by atoms with E-state index in [0.29, 0.717) is 12.0 Å². The first-order valence-corrected chi connectivity index (χ1v) is 4.65. The number of hydrogen-bond acceptors (Lipinski definition) is 3. The molecule has 0 aromatic carbocycles. The van der Waals surface area contributed by atoms with Crippen LogP contribution in [0.1, 0.15) is 26.5 Å². The number of nitrogens with one attached hydrogen (secondary N) is 1. The van der Waals surface area contributed by atoms with Crippen LogP contribution in [0, 0.1) is 12.8 Å². The number of hydrogen-bond donors (Lipinski definition) is 1. The van der Waals surface area contributed by atoms with Crippen molar-refractivity contribution >= 4 is 5.82 Å². The van der Waals surface area contributed by atoms with Crippen molar-refractivity contribution in [3.05, 3.63) is 18.1 Å². The van der Waals surface area contributed by atoms with E-state index in [1.807, 2.05) is 6.92 Å². The monoisotopic (exact) mass is 179 g/mol. The molecule has 0 bridgehead atoms. The highest BCUT2D eigenvalue weighted by molar-refractivity contribution is 5.39. The number of rotatable bonds is 3. The van der Waals surface area contributed by atoms with Crippen molar-refractivity contribution in [3.63, 3.8) is 0 Å². The largest absolute Gasteiger partial charge is 0.366 e. The van der Waals surface area contributed by atoms with Gasteiger partial charge in [0.05, 0.1) is 5.69 Å². The van der Waals surface area contributed by atoms with Crippen LogP contribution < -0.4 is 5.32 Å². The van der Waals surface area contributed by atoms with E-state index in [1.54, 1.807) is 12.4 Å². The lowest BCUT2D eigenvalue weighted by atomic mass is 10.1. The molecule has 1 heterocycles. The standard InChI is InChI=1S/C10H17N3/c1-7(2)8(3)13-10-9(4)11-5-6-12-10/h5-8H,1-4H3,(H,12,13). The van der Waals surface area contributed by atoms with Crippen LogP contribution in [0.25, 0.3) is 0 Å². The first-order chi connectivity index (χ1) is 6.11. The molecule has 0 aliphatic carbocycles. The number of anilines is 1. The van der Waals surface area contributed by atoms with Crippen LogP contribution in [-0.4, -0.2) is 16.0 Å². The van der Waals surface area contributed by atoms with Gasteiger partial charge in [-0.15, -0.1) is 0 Å². The van der Waals surface area contributed by atoms with E-state index in [0.717, 1.165) is 11.5 Å².